The molecule has 1 heterocycles. The van der Waals surface area contributed by atoms with Crippen molar-refractivity contribution in [1.29, 1.82) is 0 Å². The van der Waals surface area contributed by atoms with Crippen LogP contribution in [0.4, 0.5) is 4.79 Å². The molecule has 1 aromatic heterocycles. The molecule has 0 saturated heterocycles. The van der Waals surface area contributed by atoms with E-state index in [1.165, 1.54) is 11.4 Å². The fraction of sp³-hybridized carbons (Fsp3) is 0.786. The van der Waals surface area contributed by atoms with Gasteiger partial charge in [0, 0.05) is 26.2 Å². The molecule has 1 aromatic rings. The molecule has 1 atom stereocenters. The van der Waals surface area contributed by atoms with Crippen molar-refractivity contribution in [3.05, 3.63) is 6.33 Å². The van der Waals surface area contributed by atoms with E-state index >= 15 is 0 Å². The van der Waals surface area contributed by atoms with E-state index in [2.05, 4.69) is 10.1 Å². The molecule has 8 nitrogen and oxygen atoms in total. The highest BCUT2D eigenvalue weighted by atomic mass is 32.2. The highest BCUT2D eigenvalue weighted by Crippen LogP contribution is 2.11. The summed E-state index contributed by atoms with van der Waals surface area (Å²) >= 11 is 0. The zero-order chi connectivity index (χ0) is 17.6. The van der Waals surface area contributed by atoms with Gasteiger partial charge in [-0.15, -0.1) is 5.10 Å². The first-order chi connectivity index (χ1) is 10.8. The third-order valence-electron chi connectivity index (χ3n) is 3.84. The number of sulfonamides is 1. The number of carbonyl (C=O) groups excluding carboxylic acids is 1. The molecule has 0 aromatic carbocycles. The molecule has 132 valence electrons. The highest BCUT2D eigenvalue weighted by Gasteiger charge is 2.27. The van der Waals surface area contributed by atoms with Crippen LogP contribution in [0, 0.1) is 0 Å². The number of hydrogen-bond acceptors (Lipinski definition) is 5. The lowest BCUT2D eigenvalue weighted by Crippen LogP contribution is -2.41. The second-order valence-electron chi connectivity index (χ2n) is 5.48. The van der Waals surface area contributed by atoms with Gasteiger partial charge in [0.15, 0.2) is 0 Å². The molecule has 1 amide bonds. The number of rotatable bonds is 8. The maximum atomic E-state index is 12.4. The third kappa shape index (κ3) is 4.51. The van der Waals surface area contributed by atoms with E-state index < -0.39 is 10.0 Å². The van der Waals surface area contributed by atoms with E-state index in [9.17, 15) is 13.2 Å². The molecule has 0 bridgehead atoms. The summed E-state index contributed by atoms with van der Waals surface area (Å²) in [7, 11) is -2.27. The van der Waals surface area contributed by atoms with Crippen LogP contribution in [0.25, 0.3) is 0 Å². The molecule has 23 heavy (non-hydrogen) atoms. The van der Waals surface area contributed by atoms with Gasteiger partial charge in [-0.05, 0) is 26.7 Å². The van der Waals surface area contributed by atoms with Gasteiger partial charge in [-0.3, -0.25) is 0 Å². The Labute approximate surface area is 138 Å². The monoisotopic (exact) mass is 345 g/mol. The Morgan fingerprint density at radius 2 is 2.00 bits per heavy atom. The molecule has 9 heteroatoms. The van der Waals surface area contributed by atoms with Gasteiger partial charge in [-0.25, -0.2) is 18.2 Å². The lowest BCUT2D eigenvalue weighted by molar-refractivity contribution is 0.179. The van der Waals surface area contributed by atoms with Gasteiger partial charge in [-0.1, -0.05) is 20.3 Å². The van der Waals surface area contributed by atoms with Crippen molar-refractivity contribution in [3.63, 3.8) is 0 Å². The Kier molecular flexibility index (Phi) is 7.14. The lowest BCUT2D eigenvalue weighted by atomic mass is 10.2. The van der Waals surface area contributed by atoms with Gasteiger partial charge < -0.3 is 4.90 Å². The lowest BCUT2D eigenvalue weighted by Gasteiger charge is -2.26. The van der Waals surface area contributed by atoms with Crippen molar-refractivity contribution in [1.82, 2.24) is 24.0 Å². The predicted octanol–water partition coefficient (Wildman–Crippen LogP) is 1.79. The summed E-state index contributed by atoms with van der Waals surface area (Å²) in [5, 5.41) is 3.54. The number of hydrogen-bond donors (Lipinski definition) is 0. The standard InChI is InChI=1S/C14H27N5O3S/c1-6-9-10-17(5)23(21,22)13-15-11-19(16-13)14(20)18(8-3)12(4)7-2/h11-12H,6-10H2,1-5H3. The summed E-state index contributed by atoms with van der Waals surface area (Å²) in [5.41, 5.74) is 0. The van der Waals surface area contributed by atoms with Crippen LogP contribution in [0.1, 0.15) is 47.0 Å². The Bertz CT molecular complexity index is 614. The molecule has 0 spiro atoms. The zero-order valence-electron chi connectivity index (χ0n) is 14.6. The maximum absolute atomic E-state index is 12.4. The Hall–Kier alpha value is -1.48. The molecule has 0 aliphatic rings. The van der Waals surface area contributed by atoms with Crippen LogP contribution < -0.4 is 0 Å². The van der Waals surface area contributed by atoms with Gasteiger partial charge in [-0.2, -0.15) is 8.99 Å². The third-order valence-corrected chi connectivity index (χ3v) is 5.50. The first-order valence-electron chi connectivity index (χ1n) is 7.98. The minimum atomic E-state index is -3.76. The van der Waals surface area contributed by atoms with Crippen molar-refractivity contribution in [2.24, 2.45) is 0 Å². The minimum Gasteiger partial charge on any atom is -0.320 e. The predicted molar refractivity (Wildman–Crippen MR) is 87.7 cm³/mol. The molecule has 0 aliphatic carbocycles. The summed E-state index contributed by atoms with van der Waals surface area (Å²) in [5.74, 6) is 0. The Morgan fingerprint density at radius 3 is 2.52 bits per heavy atom. The Balaban J connectivity index is 2.98. The first-order valence-corrected chi connectivity index (χ1v) is 9.42. The minimum absolute atomic E-state index is 0.0454. The maximum Gasteiger partial charge on any atom is 0.346 e. The van der Waals surface area contributed by atoms with Crippen molar-refractivity contribution < 1.29 is 13.2 Å². The van der Waals surface area contributed by atoms with Crippen LogP contribution in [-0.2, 0) is 10.0 Å². The molecule has 0 N–H and O–H groups in total. The average molecular weight is 345 g/mol. The second-order valence-corrected chi connectivity index (χ2v) is 7.42. The number of carbonyl (C=O) groups is 1. The van der Waals surface area contributed by atoms with Crippen LogP contribution in [-0.4, -0.2) is 64.6 Å². The van der Waals surface area contributed by atoms with Gasteiger partial charge >= 0.3 is 6.03 Å². The molecule has 0 aliphatic heterocycles. The smallest absolute Gasteiger partial charge is 0.320 e. The molecule has 0 fully saturated rings. The molecule has 1 unspecified atom stereocenters. The summed E-state index contributed by atoms with van der Waals surface area (Å²) in [6.45, 7) is 8.70. The van der Waals surface area contributed by atoms with E-state index in [1.54, 1.807) is 4.90 Å². The molecule has 1 rings (SSSR count). The van der Waals surface area contributed by atoms with Gasteiger partial charge in [0.05, 0.1) is 0 Å². The highest BCUT2D eigenvalue weighted by molar-refractivity contribution is 7.88. The molecule has 0 radical (unpaired) electrons. The van der Waals surface area contributed by atoms with Gasteiger partial charge in [0.2, 0.25) is 0 Å². The van der Waals surface area contributed by atoms with Gasteiger partial charge in [0.1, 0.15) is 6.33 Å². The summed E-state index contributed by atoms with van der Waals surface area (Å²) < 4.78 is 26.9. The quantitative estimate of drug-likeness (QED) is 0.716. The SMILES string of the molecule is CCCCN(C)S(=O)(=O)c1ncn(C(=O)N(CC)C(C)CC)n1. The fourth-order valence-electron chi connectivity index (χ4n) is 2.09. The number of aromatic nitrogens is 3. The van der Waals surface area contributed by atoms with E-state index in [0.29, 0.717) is 13.1 Å². The number of nitrogens with zero attached hydrogens (tertiary/aromatic N) is 5. The fourth-order valence-corrected chi connectivity index (χ4v) is 3.11. The zero-order valence-corrected chi connectivity index (χ0v) is 15.4. The molecular formula is C14H27N5O3S. The van der Waals surface area contributed by atoms with Crippen molar-refractivity contribution in [2.45, 2.75) is 58.2 Å². The second kappa shape index (κ2) is 8.39. The van der Waals surface area contributed by atoms with E-state index in [-0.39, 0.29) is 17.2 Å². The van der Waals surface area contributed by atoms with E-state index in [1.807, 2.05) is 27.7 Å². The topological polar surface area (TPSA) is 88.4 Å². The van der Waals surface area contributed by atoms with Crippen molar-refractivity contribution >= 4 is 16.1 Å². The van der Waals surface area contributed by atoms with E-state index in [4.69, 9.17) is 0 Å². The number of amides is 1. The van der Waals surface area contributed by atoms with Crippen molar-refractivity contribution in [3.8, 4) is 0 Å². The summed E-state index contributed by atoms with van der Waals surface area (Å²) in [6, 6.07) is -0.323. The van der Waals surface area contributed by atoms with Crippen LogP contribution in [0.5, 0.6) is 0 Å². The van der Waals surface area contributed by atoms with Crippen LogP contribution >= 0.6 is 0 Å². The average Bonchev–Trinajstić information content (AvgIpc) is 3.03. The molecular weight excluding hydrogens is 318 g/mol. The summed E-state index contributed by atoms with van der Waals surface area (Å²) in [4.78, 5) is 17.9. The first kappa shape index (κ1) is 19.6. The summed E-state index contributed by atoms with van der Waals surface area (Å²) in [6.07, 6.45) is 3.61. The molecule has 0 saturated carbocycles. The van der Waals surface area contributed by atoms with Crippen molar-refractivity contribution in [2.75, 3.05) is 20.1 Å². The van der Waals surface area contributed by atoms with Crippen LogP contribution in [0.2, 0.25) is 0 Å². The number of unbranched alkanes of at least 4 members (excludes halogenated alkanes) is 1. The Morgan fingerprint density at radius 1 is 1.35 bits per heavy atom. The normalized spacial score (nSPS) is 13.3. The van der Waals surface area contributed by atoms with E-state index in [0.717, 1.165) is 30.3 Å². The largest absolute Gasteiger partial charge is 0.346 e. The van der Waals surface area contributed by atoms with Crippen LogP contribution in [0.3, 0.4) is 0 Å². The van der Waals surface area contributed by atoms with Gasteiger partial charge in [0.25, 0.3) is 15.2 Å². The van der Waals surface area contributed by atoms with Crippen LogP contribution in [0.15, 0.2) is 11.5 Å².